The summed E-state index contributed by atoms with van der Waals surface area (Å²) >= 11 is 0. The second-order valence-electron chi connectivity index (χ2n) is 4.11. The van der Waals surface area contributed by atoms with Gasteiger partial charge in [0.25, 0.3) is 0 Å². The molecule has 20 heavy (non-hydrogen) atoms. The Balaban J connectivity index is 3.06. The van der Waals surface area contributed by atoms with Crippen molar-refractivity contribution in [3.63, 3.8) is 0 Å². The van der Waals surface area contributed by atoms with Crippen LogP contribution < -0.4 is 0 Å². The molecule has 0 aliphatic rings. The number of hydrogen-bond acceptors (Lipinski definition) is 5. The molecule has 0 aliphatic heterocycles. The van der Waals surface area contributed by atoms with Gasteiger partial charge < -0.3 is 9.84 Å². The second kappa shape index (κ2) is 7.25. The molecule has 0 aromatic heterocycles. The van der Waals surface area contributed by atoms with Gasteiger partial charge >= 0.3 is 5.97 Å². The van der Waals surface area contributed by atoms with Crippen LogP contribution in [0.3, 0.4) is 0 Å². The predicted molar refractivity (Wildman–Crippen MR) is 73.8 cm³/mol. The average molecular weight is 301 g/mol. The zero-order valence-electron chi connectivity index (χ0n) is 11.6. The van der Waals surface area contributed by atoms with Crippen LogP contribution >= 0.6 is 0 Å². The Hall–Kier alpha value is -1.60. The van der Waals surface area contributed by atoms with Gasteiger partial charge in [0.2, 0.25) is 10.0 Å². The number of sulfonamides is 1. The first-order valence-electron chi connectivity index (χ1n) is 6.37. The van der Waals surface area contributed by atoms with Gasteiger partial charge in [-0.1, -0.05) is 19.1 Å². The Morgan fingerprint density at radius 1 is 1.30 bits per heavy atom. The van der Waals surface area contributed by atoms with Crippen LogP contribution in [0.25, 0.3) is 0 Å². The van der Waals surface area contributed by atoms with Crippen LogP contribution in [0.2, 0.25) is 0 Å². The van der Waals surface area contributed by atoms with Gasteiger partial charge in [-0.3, -0.25) is 4.79 Å². The van der Waals surface area contributed by atoms with Crippen LogP contribution in [0.5, 0.6) is 5.75 Å². The van der Waals surface area contributed by atoms with Gasteiger partial charge in [0.05, 0.1) is 6.61 Å². The lowest BCUT2D eigenvalue weighted by atomic mass is 10.3. The summed E-state index contributed by atoms with van der Waals surface area (Å²) in [5.41, 5.74) is 0. The first kappa shape index (κ1) is 16.5. The minimum Gasteiger partial charge on any atom is -0.507 e. The summed E-state index contributed by atoms with van der Waals surface area (Å²) < 4.78 is 30.7. The van der Waals surface area contributed by atoms with Gasteiger partial charge in [-0.15, -0.1) is 0 Å². The molecule has 0 atom stereocenters. The van der Waals surface area contributed by atoms with E-state index in [2.05, 4.69) is 0 Å². The monoisotopic (exact) mass is 301 g/mol. The minimum absolute atomic E-state index is 0.176. The number of aromatic hydroxyl groups is 1. The number of hydrogen-bond donors (Lipinski definition) is 1. The molecule has 1 N–H and O–H groups in total. The molecule has 1 aromatic carbocycles. The molecule has 0 saturated heterocycles. The van der Waals surface area contributed by atoms with E-state index in [-0.39, 0.29) is 30.3 Å². The Morgan fingerprint density at radius 2 is 1.95 bits per heavy atom. The molecule has 112 valence electrons. The van der Waals surface area contributed by atoms with E-state index in [1.165, 1.54) is 24.3 Å². The normalized spacial score (nSPS) is 11.6. The zero-order chi connectivity index (χ0) is 15.2. The predicted octanol–water partition coefficient (Wildman–Crippen LogP) is 1.36. The molecule has 6 nitrogen and oxygen atoms in total. The molecule has 0 saturated carbocycles. The summed E-state index contributed by atoms with van der Waals surface area (Å²) in [5, 5.41) is 9.68. The lowest BCUT2D eigenvalue weighted by Gasteiger charge is -2.21. The number of para-hydroxylation sites is 1. The molecule has 0 aliphatic carbocycles. The minimum atomic E-state index is -3.92. The highest BCUT2D eigenvalue weighted by molar-refractivity contribution is 7.89. The number of nitrogens with zero attached hydrogens (tertiary/aromatic N) is 1. The second-order valence-corrected chi connectivity index (χ2v) is 6.02. The van der Waals surface area contributed by atoms with Crippen LogP contribution in [-0.4, -0.2) is 43.5 Å². The molecule has 1 aromatic rings. The molecule has 0 spiro atoms. The first-order valence-corrected chi connectivity index (χ1v) is 7.81. The molecular formula is C13H19NO5S. The molecule has 0 amide bonds. The third-order valence-electron chi connectivity index (χ3n) is 2.57. The van der Waals surface area contributed by atoms with Gasteiger partial charge in [0.15, 0.2) is 0 Å². The van der Waals surface area contributed by atoms with Gasteiger partial charge in [0, 0.05) is 6.54 Å². The smallest absolute Gasteiger partial charge is 0.321 e. The summed E-state index contributed by atoms with van der Waals surface area (Å²) in [6.45, 7) is 3.46. The van der Waals surface area contributed by atoms with Gasteiger partial charge in [0.1, 0.15) is 17.2 Å². The van der Waals surface area contributed by atoms with Crippen molar-refractivity contribution in [3.8, 4) is 5.75 Å². The van der Waals surface area contributed by atoms with Crippen molar-refractivity contribution in [2.75, 3.05) is 19.7 Å². The highest BCUT2D eigenvalue weighted by atomic mass is 32.2. The number of carbonyl (C=O) groups is 1. The van der Waals surface area contributed by atoms with Crippen molar-refractivity contribution >= 4 is 16.0 Å². The Labute approximate surface area is 119 Å². The summed E-state index contributed by atoms with van der Waals surface area (Å²) in [6.07, 6.45) is 0.548. The van der Waals surface area contributed by atoms with Gasteiger partial charge in [-0.25, -0.2) is 8.42 Å². The maximum atomic E-state index is 12.4. The molecule has 1 rings (SSSR count). The summed E-state index contributed by atoms with van der Waals surface area (Å²) in [6, 6.07) is 5.64. The summed E-state index contributed by atoms with van der Waals surface area (Å²) in [7, 11) is -3.92. The fraction of sp³-hybridized carbons (Fsp3) is 0.462. The van der Waals surface area contributed by atoms with Crippen LogP contribution in [-0.2, 0) is 19.6 Å². The molecule has 7 heteroatoms. The summed E-state index contributed by atoms with van der Waals surface area (Å²) in [4.78, 5) is 11.3. The van der Waals surface area contributed by atoms with Gasteiger partial charge in [-0.05, 0) is 25.5 Å². The van der Waals surface area contributed by atoms with E-state index in [9.17, 15) is 18.3 Å². The van der Waals surface area contributed by atoms with E-state index in [1.54, 1.807) is 13.8 Å². The summed E-state index contributed by atoms with van der Waals surface area (Å²) in [5.74, 6) is -0.947. The number of phenolic OH excluding ortho intramolecular Hbond substituents is 1. The number of rotatable bonds is 7. The fourth-order valence-electron chi connectivity index (χ4n) is 1.70. The zero-order valence-corrected chi connectivity index (χ0v) is 12.4. The van der Waals surface area contributed by atoms with E-state index in [0.717, 1.165) is 4.31 Å². The average Bonchev–Trinajstić information content (AvgIpc) is 2.38. The van der Waals surface area contributed by atoms with Gasteiger partial charge in [-0.2, -0.15) is 4.31 Å². The van der Waals surface area contributed by atoms with Crippen LogP contribution in [0.4, 0.5) is 0 Å². The number of carbonyl (C=O) groups excluding carboxylic acids is 1. The van der Waals surface area contributed by atoms with E-state index in [1.807, 2.05) is 0 Å². The first-order chi connectivity index (χ1) is 9.43. The quantitative estimate of drug-likeness (QED) is 0.769. The van der Waals surface area contributed by atoms with E-state index >= 15 is 0 Å². The van der Waals surface area contributed by atoms with Crippen molar-refractivity contribution in [1.29, 1.82) is 0 Å². The SMILES string of the molecule is CCCN(CC(=O)OCC)S(=O)(=O)c1ccccc1O. The van der Waals surface area contributed by atoms with Crippen molar-refractivity contribution in [1.82, 2.24) is 4.31 Å². The third-order valence-corrected chi connectivity index (χ3v) is 4.46. The topological polar surface area (TPSA) is 83.9 Å². The van der Waals surface area contributed by atoms with Crippen molar-refractivity contribution < 1.29 is 23.1 Å². The van der Waals surface area contributed by atoms with Crippen LogP contribution in [0.15, 0.2) is 29.2 Å². The lowest BCUT2D eigenvalue weighted by Crippen LogP contribution is -2.37. The standard InChI is InChI=1S/C13H19NO5S/c1-3-9-14(10-13(16)19-4-2)20(17,18)12-8-6-5-7-11(12)15/h5-8,15H,3-4,9-10H2,1-2H3. The highest BCUT2D eigenvalue weighted by Crippen LogP contribution is 2.25. The lowest BCUT2D eigenvalue weighted by molar-refractivity contribution is -0.143. The highest BCUT2D eigenvalue weighted by Gasteiger charge is 2.28. The maximum absolute atomic E-state index is 12.4. The molecule has 0 heterocycles. The van der Waals surface area contributed by atoms with Crippen LogP contribution in [0, 0.1) is 0 Å². The Bertz CT molecular complexity index is 556. The largest absolute Gasteiger partial charge is 0.507 e. The Morgan fingerprint density at radius 3 is 2.50 bits per heavy atom. The Kier molecular flexibility index (Phi) is 5.97. The molecular weight excluding hydrogens is 282 g/mol. The molecule has 0 radical (unpaired) electrons. The molecule has 0 bridgehead atoms. The van der Waals surface area contributed by atoms with E-state index in [0.29, 0.717) is 6.42 Å². The number of esters is 1. The van der Waals surface area contributed by atoms with Crippen LogP contribution in [0.1, 0.15) is 20.3 Å². The molecule has 0 unspecified atom stereocenters. The maximum Gasteiger partial charge on any atom is 0.321 e. The van der Waals surface area contributed by atoms with E-state index in [4.69, 9.17) is 4.74 Å². The van der Waals surface area contributed by atoms with Crippen molar-refractivity contribution in [3.05, 3.63) is 24.3 Å². The van der Waals surface area contributed by atoms with Crippen molar-refractivity contribution in [2.24, 2.45) is 0 Å². The van der Waals surface area contributed by atoms with E-state index < -0.39 is 16.0 Å². The number of benzene rings is 1. The fourth-order valence-corrected chi connectivity index (χ4v) is 3.26. The van der Waals surface area contributed by atoms with Crippen molar-refractivity contribution in [2.45, 2.75) is 25.2 Å². The molecule has 0 fully saturated rings. The number of ether oxygens (including phenoxy) is 1. The number of phenols is 1. The third kappa shape index (κ3) is 3.94.